The SMILES string of the molecule is COc1ccc(NC(=O)N[C@H](CCC(N)=O)C(=O)O)cc1. The molecular weight excluding hydrogens is 278 g/mol. The van der Waals surface area contributed by atoms with Gasteiger partial charge in [0.25, 0.3) is 0 Å². The van der Waals surface area contributed by atoms with Crippen molar-refractivity contribution in [2.24, 2.45) is 5.73 Å². The van der Waals surface area contributed by atoms with Gasteiger partial charge in [-0.25, -0.2) is 9.59 Å². The molecular formula is C13H17N3O5. The summed E-state index contributed by atoms with van der Waals surface area (Å²) < 4.78 is 4.97. The topological polar surface area (TPSA) is 131 Å². The molecule has 0 aliphatic carbocycles. The Morgan fingerprint density at radius 1 is 1.29 bits per heavy atom. The summed E-state index contributed by atoms with van der Waals surface area (Å²) >= 11 is 0. The van der Waals surface area contributed by atoms with Gasteiger partial charge in [-0.15, -0.1) is 0 Å². The highest BCUT2D eigenvalue weighted by Gasteiger charge is 2.20. The van der Waals surface area contributed by atoms with Crippen molar-refractivity contribution in [2.45, 2.75) is 18.9 Å². The zero-order chi connectivity index (χ0) is 15.8. The van der Waals surface area contributed by atoms with Gasteiger partial charge in [-0.05, 0) is 30.7 Å². The van der Waals surface area contributed by atoms with Gasteiger partial charge in [0.2, 0.25) is 5.91 Å². The molecule has 8 nitrogen and oxygen atoms in total. The number of carboxylic acid groups (broad SMARTS) is 1. The van der Waals surface area contributed by atoms with E-state index in [9.17, 15) is 14.4 Å². The maximum atomic E-state index is 11.7. The van der Waals surface area contributed by atoms with E-state index in [0.29, 0.717) is 11.4 Å². The Bertz CT molecular complexity index is 515. The monoisotopic (exact) mass is 295 g/mol. The van der Waals surface area contributed by atoms with Crippen LogP contribution in [0.2, 0.25) is 0 Å². The Balaban J connectivity index is 2.56. The lowest BCUT2D eigenvalue weighted by Crippen LogP contribution is -2.43. The van der Waals surface area contributed by atoms with E-state index in [4.69, 9.17) is 15.6 Å². The van der Waals surface area contributed by atoms with Crippen LogP contribution in [0, 0.1) is 0 Å². The molecule has 0 radical (unpaired) electrons. The van der Waals surface area contributed by atoms with Crippen LogP contribution in [0.1, 0.15) is 12.8 Å². The Morgan fingerprint density at radius 3 is 2.38 bits per heavy atom. The second kappa shape index (κ2) is 7.73. The van der Waals surface area contributed by atoms with E-state index in [1.165, 1.54) is 7.11 Å². The molecule has 114 valence electrons. The smallest absolute Gasteiger partial charge is 0.326 e. The number of rotatable bonds is 7. The normalized spacial score (nSPS) is 11.3. The molecule has 1 rings (SSSR count). The predicted octanol–water partition coefficient (Wildman–Crippen LogP) is 0.535. The number of carbonyl (C=O) groups is 3. The average molecular weight is 295 g/mol. The maximum Gasteiger partial charge on any atom is 0.326 e. The van der Waals surface area contributed by atoms with E-state index in [0.717, 1.165) is 0 Å². The number of urea groups is 1. The highest BCUT2D eigenvalue weighted by atomic mass is 16.5. The van der Waals surface area contributed by atoms with E-state index in [1.807, 2.05) is 0 Å². The first kappa shape index (κ1) is 16.3. The number of anilines is 1. The summed E-state index contributed by atoms with van der Waals surface area (Å²) in [5.41, 5.74) is 5.43. The molecule has 1 atom stereocenters. The van der Waals surface area contributed by atoms with Gasteiger partial charge in [0.05, 0.1) is 7.11 Å². The molecule has 0 saturated heterocycles. The number of ether oxygens (including phenoxy) is 1. The first-order chi connectivity index (χ1) is 9.92. The van der Waals surface area contributed by atoms with Crippen molar-refractivity contribution >= 4 is 23.6 Å². The van der Waals surface area contributed by atoms with Crippen molar-refractivity contribution in [1.29, 1.82) is 0 Å². The van der Waals surface area contributed by atoms with E-state index < -0.39 is 23.9 Å². The van der Waals surface area contributed by atoms with Gasteiger partial charge in [0, 0.05) is 12.1 Å². The number of amides is 3. The number of methoxy groups -OCH3 is 1. The van der Waals surface area contributed by atoms with Gasteiger partial charge in [0.1, 0.15) is 11.8 Å². The fourth-order valence-corrected chi connectivity index (χ4v) is 1.54. The predicted molar refractivity (Wildman–Crippen MR) is 75.0 cm³/mol. The molecule has 0 heterocycles. The van der Waals surface area contributed by atoms with Crippen LogP contribution in [-0.4, -0.2) is 36.2 Å². The van der Waals surface area contributed by atoms with Crippen molar-refractivity contribution in [1.82, 2.24) is 5.32 Å². The minimum atomic E-state index is -1.24. The van der Waals surface area contributed by atoms with E-state index in [1.54, 1.807) is 24.3 Å². The first-order valence-electron chi connectivity index (χ1n) is 6.15. The van der Waals surface area contributed by atoms with E-state index in [2.05, 4.69) is 10.6 Å². The number of nitrogens with two attached hydrogens (primary N) is 1. The Labute approximate surface area is 121 Å². The molecule has 21 heavy (non-hydrogen) atoms. The number of hydrogen-bond acceptors (Lipinski definition) is 4. The molecule has 0 aromatic heterocycles. The fraction of sp³-hybridized carbons (Fsp3) is 0.308. The maximum absolute atomic E-state index is 11.7. The number of carbonyl (C=O) groups excluding carboxylic acids is 2. The van der Waals surface area contributed by atoms with Crippen molar-refractivity contribution in [3.05, 3.63) is 24.3 Å². The molecule has 0 aliphatic heterocycles. The van der Waals surface area contributed by atoms with Crippen molar-refractivity contribution in [3.63, 3.8) is 0 Å². The molecule has 0 unspecified atom stereocenters. The van der Waals surface area contributed by atoms with Crippen molar-refractivity contribution < 1.29 is 24.2 Å². The molecule has 0 saturated carbocycles. The van der Waals surface area contributed by atoms with Gasteiger partial charge >= 0.3 is 12.0 Å². The quantitative estimate of drug-likeness (QED) is 0.583. The van der Waals surface area contributed by atoms with Gasteiger partial charge in [-0.2, -0.15) is 0 Å². The number of nitrogens with one attached hydrogen (secondary N) is 2. The molecule has 5 N–H and O–H groups in total. The van der Waals surface area contributed by atoms with E-state index >= 15 is 0 Å². The molecule has 1 aromatic rings. The molecule has 1 aromatic carbocycles. The van der Waals surface area contributed by atoms with Gasteiger partial charge in [0.15, 0.2) is 0 Å². The molecule has 8 heteroatoms. The summed E-state index contributed by atoms with van der Waals surface area (Å²) in [6.45, 7) is 0. The van der Waals surface area contributed by atoms with Crippen LogP contribution < -0.4 is 21.1 Å². The van der Waals surface area contributed by atoms with Crippen LogP contribution in [-0.2, 0) is 9.59 Å². The van der Waals surface area contributed by atoms with Gasteiger partial charge in [-0.3, -0.25) is 4.79 Å². The molecule has 0 bridgehead atoms. The fourth-order valence-electron chi connectivity index (χ4n) is 1.54. The second-order valence-electron chi connectivity index (χ2n) is 4.22. The largest absolute Gasteiger partial charge is 0.497 e. The lowest BCUT2D eigenvalue weighted by molar-refractivity contribution is -0.139. The van der Waals surface area contributed by atoms with Crippen LogP contribution in [0.5, 0.6) is 5.75 Å². The summed E-state index contributed by atoms with van der Waals surface area (Å²) in [4.78, 5) is 33.3. The Kier molecular flexibility index (Phi) is 5.99. The van der Waals surface area contributed by atoms with Crippen LogP contribution in [0.25, 0.3) is 0 Å². The lowest BCUT2D eigenvalue weighted by Gasteiger charge is -2.14. The molecule has 0 spiro atoms. The third-order valence-electron chi connectivity index (χ3n) is 2.63. The summed E-state index contributed by atoms with van der Waals surface area (Å²) in [6, 6.07) is 4.65. The minimum Gasteiger partial charge on any atom is -0.497 e. The number of primary amides is 1. The number of hydrogen-bond donors (Lipinski definition) is 4. The van der Waals surface area contributed by atoms with Crippen molar-refractivity contribution in [3.8, 4) is 5.75 Å². The molecule has 0 aliphatic rings. The summed E-state index contributed by atoms with van der Waals surface area (Å²) in [6.07, 6.45) is -0.194. The van der Waals surface area contributed by atoms with Crippen LogP contribution >= 0.6 is 0 Å². The van der Waals surface area contributed by atoms with Crippen molar-refractivity contribution in [2.75, 3.05) is 12.4 Å². The highest BCUT2D eigenvalue weighted by molar-refractivity contribution is 5.92. The Hall–Kier alpha value is -2.77. The third kappa shape index (κ3) is 5.81. The van der Waals surface area contributed by atoms with E-state index in [-0.39, 0.29) is 12.8 Å². The number of aliphatic carboxylic acids is 1. The number of benzene rings is 1. The second-order valence-corrected chi connectivity index (χ2v) is 4.22. The first-order valence-corrected chi connectivity index (χ1v) is 6.15. The zero-order valence-corrected chi connectivity index (χ0v) is 11.5. The molecule has 3 amide bonds. The molecule has 0 fully saturated rings. The lowest BCUT2D eigenvalue weighted by atomic mass is 10.1. The highest BCUT2D eigenvalue weighted by Crippen LogP contribution is 2.14. The standard InChI is InChI=1S/C13H17N3O5/c1-21-9-4-2-8(3-5-9)15-13(20)16-10(12(18)19)6-7-11(14)17/h2-5,10H,6-7H2,1H3,(H2,14,17)(H,18,19)(H2,15,16,20)/t10-/m1/s1. The van der Waals surface area contributed by atoms with Gasteiger partial charge in [-0.1, -0.05) is 0 Å². The minimum absolute atomic E-state index is 0.0688. The van der Waals surface area contributed by atoms with Crippen LogP contribution in [0.3, 0.4) is 0 Å². The average Bonchev–Trinajstić information content (AvgIpc) is 2.43. The number of carboxylic acids is 1. The summed E-state index contributed by atoms with van der Waals surface area (Å²) in [7, 11) is 1.52. The summed E-state index contributed by atoms with van der Waals surface area (Å²) in [5, 5.41) is 13.7. The van der Waals surface area contributed by atoms with Crippen LogP contribution in [0.15, 0.2) is 24.3 Å². The van der Waals surface area contributed by atoms with Crippen LogP contribution in [0.4, 0.5) is 10.5 Å². The Morgan fingerprint density at radius 2 is 1.90 bits per heavy atom. The van der Waals surface area contributed by atoms with Gasteiger partial charge < -0.3 is 26.2 Å². The summed E-state index contributed by atoms with van der Waals surface area (Å²) in [5.74, 6) is -1.23. The third-order valence-corrected chi connectivity index (χ3v) is 2.63. The zero-order valence-electron chi connectivity index (χ0n) is 11.5.